The van der Waals surface area contributed by atoms with Crippen LogP contribution in [0.5, 0.6) is 0 Å². The molecule has 0 bridgehead atoms. The van der Waals surface area contributed by atoms with Crippen molar-refractivity contribution in [3.05, 3.63) is 10.9 Å². The normalized spacial score (nSPS) is 18.7. The maximum Gasteiger partial charge on any atom is 0.261 e. The molecule has 4 rings (SSSR count). The third kappa shape index (κ3) is 4.23. The van der Waals surface area contributed by atoms with E-state index in [1.165, 1.54) is 11.3 Å². The Hall–Kier alpha value is -2.30. The van der Waals surface area contributed by atoms with Crippen LogP contribution in [0, 0.1) is 0 Å². The molecule has 2 aliphatic rings. The van der Waals surface area contributed by atoms with Gasteiger partial charge in [0.1, 0.15) is 10.6 Å². The molecule has 0 saturated carbocycles. The largest absolute Gasteiger partial charge is 0.378 e. The fourth-order valence-electron chi connectivity index (χ4n) is 3.43. The van der Waals surface area contributed by atoms with Gasteiger partial charge in [-0.15, -0.1) is 11.3 Å². The molecule has 28 heavy (non-hydrogen) atoms. The van der Waals surface area contributed by atoms with Gasteiger partial charge in [0, 0.05) is 25.3 Å². The molecule has 2 aromatic heterocycles. The van der Waals surface area contributed by atoms with Crippen molar-refractivity contribution in [1.29, 1.82) is 0 Å². The van der Waals surface area contributed by atoms with Crippen LogP contribution in [-0.4, -0.2) is 67.5 Å². The van der Waals surface area contributed by atoms with E-state index in [4.69, 9.17) is 4.74 Å². The monoisotopic (exact) mass is 403 g/mol. The molecule has 4 heterocycles. The topological polar surface area (TPSA) is 104 Å². The Labute approximate surface area is 167 Å². The van der Waals surface area contributed by atoms with Crippen molar-refractivity contribution < 1.29 is 9.53 Å². The summed E-state index contributed by atoms with van der Waals surface area (Å²) in [5.74, 6) is 1.21. The van der Waals surface area contributed by atoms with Gasteiger partial charge in [-0.25, -0.2) is 10.4 Å². The van der Waals surface area contributed by atoms with Crippen molar-refractivity contribution in [2.24, 2.45) is 5.10 Å². The molecular weight excluding hydrogens is 378 g/mol. The number of carbonyl (C=O) groups excluding carboxylic acids is 1. The number of aromatic nitrogens is 2. The van der Waals surface area contributed by atoms with Crippen LogP contribution in [0.4, 0.5) is 11.8 Å². The molecule has 0 aliphatic carbocycles. The standard InChI is InChI=1S/C18H25N7O2S/c1-2-20-24-18-22-15(25-7-9-27-10-8-25)13-11-14(28-17(13)23-18)16(26)21-12-3-5-19-6-4-12/h2,11-12,19H,3-10H2,1H3,(H,21,26)(H,22,23,24)/b20-2+. The van der Waals surface area contributed by atoms with Gasteiger partial charge in [0.05, 0.1) is 23.5 Å². The van der Waals surface area contributed by atoms with E-state index in [0.29, 0.717) is 24.0 Å². The van der Waals surface area contributed by atoms with Crippen LogP contribution in [0.15, 0.2) is 11.2 Å². The molecule has 9 nitrogen and oxygen atoms in total. The highest BCUT2D eigenvalue weighted by atomic mass is 32.1. The van der Waals surface area contributed by atoms with Gasteiger partial charge in [0.15, 0.2) is 0 Å². The Kier molecular flexibility index (Phi) is 5.98. The minimum Gasteiger partial charge on any atom is -0.378 e. The summed E-state index contributed by atoms with van der Waals surface area (Å²) in [6.45, 7) is 6.55. The van der Waals surface area contributed by atoms with Crippen LogP contribution >= 0.6 is 11.3 Å². The Morgan fingerprint density at radius 2 is 2.14 bits per heavy atom. The number of rotatable bonds is 5. The average molecular weight is 404 g/mol. The van der Waals surface area contributed by atoms with Crippen LogP contribution in [0.1, 0.15) is 29.4 Å². The maximum absolute atomic E-state index is 12.8. The SMILES string of the molecule is C/C=N/Nc1nc(N2CCOCC2)c2cc(C(=O)NC3CCNCC3)sc2n1. The van der Waals surface area contributed by atoms with Crippen LogP contribution in [-0.2, 0) is 4.74 Å². The molecule has 1 amide bonds. The van der Waals surface area contributed by atoms with Gasteiger partial charge in [-0.3, -0.25) is 4.79 Å². The highest BCUT2D eigenvalue weighted by molar-refractivity contribution is 7.20. The van der Waals surface area contributed by atoms with E-state index < -0.39 is 0 Å². The van der Waals surface area contributed by atoms with Gasteiger partial charge < -0.3 is 20.3 Å². The number of nitrogens with zero attached hydrogens (tertiary/aromatic N) is 4. The smallest absolute Gasteiger partial charge is 0.261 e. The molecule has 150 valence electrons. The lowest BCUT2D eigenvalue weighted by Gasteiger charge is -2.28. The van der Waals surface area contributed by atoms with Gasteiger partial charge in [0.2, 0.25) is 5.95 Å². The first kappa shape index (κ1) is 19.0. The highest BCUT2D eigenvalue weighted by Crippen LogP contribution is 2.32. The molecule has 2 fully saturated rings. The lowest BCUT2D eigenvalue weighted by molar-refractivity contribution is 0.0933. The van der Waals surface area contributed by atoms with Crippen molar-refractivity contribution in [1.82, 2.24) is 20.6 Å². The third-order valence-corrected chi connectivity index (χ3v) is 5.90. The first-order chi connectivity index (χ1) is 13.7. The van der Waals surface area contributed by atoms with Crippen LogP contribution in [0.25, 0.3) is 10.2 Å². The summed E-state index contributed by atoms with van der Waals surface area (Å²) in [7, 11) is 0. The predicted molar refractivity (Wildman–Crippen MR) is 112 cm³/mol. The summed E-state index contributed by atoms with van der Waals surface area (Å²) < 4.78 is 5.47. The van der Waals surface area contributed by atoms with Crippen LogP contribution in [0.2, 0.25) is 0 Å². The fraction of sp³-hybridized carbons (Fsp3) is 0.556. The Morgan fingerprint density at radius 3 is 2.89 bits per heavy atom. The van der Waals surface area contributed by atoms with E-state index in [-0.39, 0.29) is 11.9 Å². The number of anilines is 2. The number of piperidine rings is 1. The summed E-state index contributed by atoms with van der Waals surface area (Å²) >= 11 is 1.39. The van der Waals surface area contributed by atoms with E-state index in [9.17, 15) is 4.79 Å². The van der Waals surface area contributed by atoms with Crippen molar-refractivity contribution in [3.63, 3.8) is 0 Å². The zero-order valence-electron chi connectivity index (χ0n) is 15.9. The molecule has 0 atom stereocenters. The van der Waals surface area contributed by atoms with E-state index in [1.807, 2.05) is 13.0 Å². The maximum atomic E-state index is 12.8. The lowest BCUT2D eigenvalue weighted by atomic mass is 10.1. The van der Waals surface area contributed by atoms with Gasteiger partial charge in [-0.1, -0.05) is 0 Å². The van der Waals surface area contributed by atoms with E-state index in [0.717, 1.165) is 55.1 Å². The van der Waals surface area contributed by atoms with Crippen molar-refractivity contribution in [3.8, 4) is 0 Å². The molecule has 2 saturated heterocycles. The number of nitrogens with one attached hydrogen (secondary N) is 3. The Bertz CT molecular complexity index is 857. The summed E-state index contributed by atoms with van der Waals surface area (Å²) in [5, 5.41) is 11.4. The van der Waals surface area contributed by atoms with Crippen LogP contribution < -0.4 is 21.0 Å². The second-order valence-corrected chi connectivity index (χ2v) is 7.83. The summed E-state index contributed by atoms with van der Waals surface area (Å²) in [6, 6.07) is 2.13. The molecule has 0 radical (unpaired) electrons. The number of hydrazone groups is 1. The summed E-state index contributed by atoms with van der Waals surface area (Å²) in [4.78, 5) is 25.6. The zero-order valence-corrected chi connectivity index (χ0v) is 16.7. The molecule has 2 aliphatic heterocycles. The minimum atomic E-state index is -0.0380. The van der Waals surface area contributed by atoms with Gasteiger partial charge in [-0.2, -0.15) is 10.1 Å². The number of carbonyl (C=O) groups is 1. The quantitative estimate of drug-likeness (QED) is 0.512. The second kappa shape index (κ2) is 8.80. The number of ether oxygens (including phenoxy) is 1. The van der Waals surface area contributed by atoms with E-state index >= 15 is 0 Å². The molecule has 3 N–H and O–H groups in total. The highest BCUT2D eigenvalue weighted by Gasteiger charge is 2.22. The first-order valence-electron chi connectivity index (χ1n) is 9.64. The second-order valence-electron chi connectivity index (χ2n) is 6.80. The Balaban J connectivity index is 1.64. The fourth-order valence-corrected chi connectivity index (χ4v) is 4.36. The van der Waals surface area contributed by atoms with Gasteiger partial charge in [-0.05, 0) is 38.9 Å². The van der Waals surface area contributed by atoms with Crippen molar-refractivity contribution in [2.45, 2.75) is 25.8 Å². The lowest BCUT2D eigenvalue weighted by Crippen LogP contribution is -2.42. The number of amides is 1. The number of hydrogen-bond donors (Lipinski definition) is 3. The molecule has 2 aromatic rings. The van der Waals surface area contributed by atoms with Crippen LogP contribution in [0.3, 0.4) is 0 Å². The third-order valence-electron chi connectivity index (χ3n) is 4.88. The summed E-state index contributed by atoms with van der Waals surface area (Å²) in [5.41, 5.74) is 2.86. The number of morpholine rings is 1. The predicted octanol–water partition coefficient (Wildman–Crippen LogP) is 1.43. The van der Waals surface area contributed by atoms with Crippen molar-refractivity contribution >= 4 is 45.4 Å². The Morgan fingerprint density at radius 1 is 1.36 bits per heavy atom. The van der Waals surface area contributed by atoms with Gasteiger partial charge in [0.25, 0.3) is 5.91 Å². The number of fused-ring (bicyclic) bond motifs is 1. The molecule has 10 heteroatoms. The zero-order chi connectivity index (χ0) is 19.3. The van der Waals surface area contributed by atoms with E-state index in [2.05, 4.69) is 36.0 Å². The van der Waals surface area contributed by atoms with Gasteiger partial charge >= 0.3 is 0 Å². The number of hydrogen-bond acceptors (Lipinski definition) is 9. The molecular formula is C18H25N7O2S. The molecule has 0 spiro atoms. The number of thiophene rings is 1. The molecule has 0 unspecified atom stereocenters. The van der Waals surface area contributed by atoms with E-state index in [1.54, 1.807) is 6.21 Å². The summed E-state index contributed by atoms with van der Waals surface area (Å²) in [6.07, 6.45) is 3.56. The average Bonchev–Trinajstić information content (AvgIpc) is 3.17. The molecule has 0 aromatic carbocycles. The van der Waals surface area contributed by atoms with Crippen molar-refractivity contribution in [2.75, 3.05) is 49.7 Å². The first-order valence-corrected chi connectivity index (χ1v) is 10.5. The minimum absolute atomic E-state index is 0.0380.